The molecule has 0 radical (unpaired) electrons. The van der Waals surface area contributed by atoms with Crippen molar-refractivity contribution >= 4 is 11.9 Å². The molecule has 0 N–H and O–H groups in total. The summed E-state index contributed by atoms with van der Waals surface area (Å²) in [4.78, 5) is 22.8. The van der Waals surface area contributed by atoms with Crippen molar-refractivity contribution in [1.82, 2.24) is 0 Å². The van der Waals surface area contributed by atoms with Gasteiger partial charge in [0.25, 0.3) is 0 Å². The number of carbonyl (C=O) groups is 2. The molecule has 0 spiro atoms. The van der Waals surface area contributed by atoms with Crippen molar-refractivity contribution in [3.63, 3.8) is 0 Å². The maximum atomic E-state index is 11.5. The summed E-state index contributed by atoms with van der Waals surface area (Å²) in [6.45, 7) is 7.68. The highest BCUT2D eigenvalue weighted by Crippen LogP contribution is 2.08. The molecule has 0 saturated carbocycles. The second-order valence-corrected chi connectivity index (χ2v) is 5.19. The van der Waals surface area contributed by atoms with Crippen LogP contribution >= 0.6 is 0 Å². The molecule has 0 heterocycles. The highest BCUT2D eigenvalue weighted by atomic mass is 16.5. The zero-order chi connectivity index (χ0) is 14.7. The quantitative estimate of drug-likeness (QED) is 0.450. The van der Waals surface area contributed by atoms with E-state index in [9.17, 15) is 9.59 Å². The number of ether oxygens (including phenoxy) is 2. The second kappa shape index (κ2) is 10.8. The Balaban J connectivity index is 3.61. The van der Waals surface area contributed by atoms with E-state index in [0.29, 0.717) is 6.42 Å². The number of carbonyl (C=O) groups excluding carboxylic acids is 2. The Labute approximate surface area is 116 Å². The molecule has 0 amide bonds. The van der Waals surface area contributed by atoms with Crippen LogP contribution in [-0.4, -0.2) is 24.1 Å². The molecular weight excluding hydrogens is 244 g/mol. The van der Waals surface area contributed by atoms with Crippen LogP contribution in [0.1, 0.15) is 72.6 Å². The minimum Gasteiger partial charge on any atom is -0.463 e. The molecule has 0 aliphatic rings. The van der Waals surface area contributed by atoms with E-state index < -0.39 is 0 Å². The van der Waals surface area contributed by atoms with Gasteiger partial charge in [-0.2, -0.15) is 0 Å². The number of rotatable bonds is 10. The first-order chi connectivity index (χ1) is 8.95. The number of esters is 2. The fourth-order valence-corrected chi connectivity index (χ4v) is 1.72. The van der Waals surface area contributed by atoms with Crippen molar-refractivity contribution in [3.8, 4) is 0 Å². The standard InChI is InChI=1S/C15H28O4/c1-5-6-7-9-13(4)19-15(17)11-8-10-14(16)18-12(2)3/h12-13H,5-11H2,1-4H3. The Bertz CT molecular complexity index is 261. The van der Waals surface area contributed by atoms with Crippen molar-refractivity contribution < 1.29 is 19.1 Å². The van der Waals surface area contributed by atoms with Crippen LogP contribution in [0.25, 0.3) is 0 Å². The van der Waals surface area contributed by atoms with Crippen LogP contribution in [0, 0.1) is 0 Å². The molecule has 0 aromatic rings. The van der Waals surface area contributed by atoms with Crippen molar-refractivity contribution in [2.45, 2.75) is 84.8 Å². The monoisotopic (exact) mass is 272 g/mol. The Hall–Kier alpha value is -1.06. The lowest BCUT2D eigenvalue weighted by molar-refractivity contribution is -0.149. The van der Waals surface area contributed by atoms with Gasteiger partial charge < -0.3 is 9.47 Å². The third-order valence-corrected chi connectivity index (χ3v) is 2.68. The van der Waals surface area contributed by atoms with Gasteiger partial charge in [0, 0.05) is 12.8 Å². The summed E-state index contributed by atoms with van der Waals surface area (Å²) in [6.07, 6.45) is 5.26. The predicted octanol–water partition coefficient (Wildman–Crippen LogP) is 3.62. The second-order valence-electron chi connectivity index (χ2n) is 5.19. The number of unbranched alkanes of at least 4 members (excludes halogenated alkanes) is 2. The first-order valence-corrected chi connectivity index (χ1v) is 7.34. The maximum absolute atomic E-state index is 11.5. The fourth-order valence-electron chi connectivity index (χ4n) is 1.72. The molecule has 1 atom stereocenters. The van der Waals surface area contributed by atoms with Crippen LogP contribution in [0.3, 0.4) is 0 Å². The summed E-state index contributed by atoms with van der Waals surface area (Å²) in [5.74, 6) is -0.472. The molecule has 0 aliphatic carbocycles. The Morgan fingerprint density at radius 3 is 2.00 bits per heavy atom. The predicted molar refractivity (Wildman–Crippen MR) is 74.8 cm³/mol. The lowest BCUT2D eigenvalue weighted by Gasteiger charge is -2.13. The van der Waals surface area contributed by atoms with Crippen LogP contribution in [0.15, 0.2) is 0 Å². The van der Waals surface area contributed by atoms with Crippen LogP contribution in [0.5, 0.6) is 0 Å². The normalized spacial score (nSPS) is 12.3. The van der Waals surface area contributed by atoms with Crippen molar-refractivity contribution in [1.29, 1.82) is 0 Å². The van der Waals surface area contributed by atoms with E-state index in [1.807, 2.05) is 20.8 Å². The molecule has 0 saturated heterocycles. The van der Waals surface area contributed by atoms with Gasteiger partial charge in [-0.15, -0.1) is 0 Å². The molecule has 1 unspecified atom stereocenters. The molecule has 112 valence electrons. The molecule has 0 aliphatic heterocycles. The fraction of sp³-hybridized carbons (Fsp3) is 0.867. The van der Waals surface area contributed by atoms with E-state index in [4.69, 9.17) is 9.47 Å². The van der Waals surface area contributed by atoms with Crippen LogP contribution < -0.4 is 0 Å². The molecule has 4 heteroatoms. The van der Waals surface area contributed by atoms with Gasteiger partial charge in [-0.1, -0.05) is 19.8 Å². The molecule has 4 nitrogen and oxygen atoms in total. The van der Waals surface area contributed by atoms with Gasteiger partial charge >= 0.3 is 11.9 Å². The first-order valence-electron chi connectivity index (χ1n) is 7.34. The van der Waals surface area contributed by atoms with Crippen molar-refractivity contribution in [2.75, 3.05) is 0 Å². The minimum atomic E-state index is -0.251. The van der Waals surface area contributed by atoms with Gasteiger partial charge in [-0.05, 0) is 40.0 Å². The molecule has 0 bridgehead atoms. The van der Waals surface area contributed by atoms with Crippen LogP contribution in [0.2, 0.25) is 0 Å². The zero-order valence-corrected chi connectivity index (χ0v) is 12.7. The summed E-state index contributed by atoms with van der Waals surface area (Å²) in [5.41, 5.74) is 0. The maximum Gasteiger partial charge on any atom is 0.306 e. The minimum absolute atomic E-state index is 0.0262. The Morgan fingerprint density at radius 2 is 1.47 bits per heavy atom. The van der Waals surface area contributed by atoms with Crippen LogP contribution in [0.4, 0.5) is 0 Å². The van der Waals surface area contributed by atoms with E-state index in [0.717, 1.165) is 12.8 Å². The van der Waals surface area contributed by atoms with Crippen molar-refractivity contribution in [3.05, 3.63) is 0 Å². The molecule has 0 aromatic carbocycles. The lowest BCUT2D eigenvalue weighted by atomic mass is 10.1. The average Bonchev–Trinajstić information content (AvgIpc) is 2.28. The third-order valence-electron chi connectivity index (χ3n) is 2.68. The Kier molecular flexibility index (Phi) is 10.2. The molecule has 0 rings (SSSR count). The van der Waals surface area contributed by atoms with Gasteiger partial charge in [0.2, 0.25) is 0 Å². The van der Waals surface area contributed by atoms with Gasteiger partial charge in [-0.3, -0.25) is 9.59 Å². The average molecular weight is 272 g/mol. The summed E-state index contributed by atoms with van der Waals surface area (Å²) >= 11 is 0. The summed E-state index contributed by atoms with van der Waals surface area (Å²) in [5, 5.41) is 0. The molecule has 19 heavy (non-hydrogen) atoms. The lowest BCUT2D eigenvalue weighted by Crippen LogP contribution is -2.16. The first kappa shape index (κ1) is 17.9. The zero-order valence-electron chi connectivity index (χ0n) is 12.7. The van der Waals surface area contributed by atoms with E-state index in [1.54, 1.807) is 0 Å². The SMILES string of the molecule is CCCCCC(C)OC(=O)CCCC(=O)OC(C)C. The highest BCUT2D eigenvalue weighted by Gasteiger charge is 2.11. The van der Waals surface area contributed by atoms with Gasteiger partial charge in [-0.25, -0.2) is 0 Å². The van der Waals surface area contributed by atoms with Gasteiger partial charge in [0.05, 0.1) is 12.2 Å². The summed E-state index contributed by atoms with van der Waals surface area (Å²) < 4.78 is 10.3. The summed E-state index contributed by atoms with van der Waals surface area (Å²) in [7, 11) is 0. The smallest absolute Gasteiger partial charge is 0.306 e. The highest BCUT2D eigenvalue weighted by molar-refractivity contribution is 5.72. The number of hydrogen-bond donors (Lipinski definition) is 0. The van der Waals surface area contributed by atoms with Crippen molar-refractivity contribution in [2.24, 2.45) is 0 Å². The molecule has 0 aromatic heterocycles. The van der Waals surface area contributed by atoms with Gasteiger partial charge in [0.1, 0.15) is 0 Å². The van der Waals surface area contributed by atoms with Crippen LogP contribution in [-0.2, 0) is 19.1 Å². The molecule has 0 fully saturated rings. The van der Waals surface area contributed by atoms with E-state index >= 15 is 0 Å². The largest absolute Gasteiger partial charge is 0.463 e. The third kappa shape index (κ3) is 11.7. The molecular formula is C15H28O4. The Morgan fingerprint density at radius 1 is 0.895 bits per heavy atom. The van der Waals surface area contributed by atoms with E-state index in [1.165, 1.54) is 12.8 Å². The van der Waals surface area contributed by atoms with Gasteiger partial charge in [0.15, 0.2) is 0 Å². The topological polar surface area (TPSA) is 52.6 Å². The van der Waals surface area contributed by atoms with E-state index in [2.05, 4.69) is 6.92 Å². The van der Waals surface area contributed by atoms with E-state index in [-0.39, 0.29) is 37.0 Å². The summed E-state index contributed by atoms with van der Waals surface area (Å²) in [6, 6.07) is 0. The number of hydrogen-bond acceptors (Lipinski definition) is 4.